The molecule has 1 aliphatic rings. The standard InChI is InChI=1S/C17H27NO/c1-2-19-17-13-9-8-10-15(17)14-18-16-11-6-4-3-5-7-12-16/h8-10,13,16,18H,2-7,11-12,14H2,1H3/p+1. The molecule has 1 aromatic carbocycles. The highest BCUT2D eigenvalue weighted by atomic mass is 16.5. The van der Waals surface area contributed by atoms with E-state index < -0.39 is 0 Å². The van der Waals surface area contributed by atoms with Gasteiger partial charge in [0.15, 0.2) is 0 Å². The molecule has 1 aliphatic carbocycles. The molecular weight excluding hydrogens is 234 g/mol. The van der Waals surface area contributed by atoms with Crippen molar-refractivity contribution in [2.75, 3.05) is 6.61 Å². The van der Waals surface area contributed by atoms with Gasteiger partial charge >= 0.3 is 0 Å². The van der Waals surface area contributed by atoms with Gasteiger partial charge in [-0.3, -0.25) is 0 Å². The summed E-state index contributed by atoms with van der Waals surface area (Å²) >= 11 is 0. The predicted molar refractivity (Wildman–Crippen MR) is 79.3 cm³/mol. The Morgan fingerprint density at radius 3 is 2.47 bits per heavy atom. The molecule has 0 aliphatic heterocycles. The molecule has 2 N–H and O–H groups in total. The van der Waals surface area contributed by atoms with E-state index in [0.717, 1.165) is 24.9 Å². The summed E-state index contributed by atoms with van der Waals surface area (Å²) in [5, 5.41) is 2.53. The average molecular weight is 262 g/mol. The summed E-state index contributed by atoms with van der Waals surface area (Å²) in [6.45, 7) is 3.86. The number of quaternary nitrogens is 1. The zero-order valence-corrected chi connectivity index (χ0v) is 12.2. The van der Waals surface area contributed by atoms with Gasteiger partial charge in [0, 0.05) is 5.56 Å². The van der Waals surface area contributed by atoms with Gasteiger partial charge in [0.05, 0.1) is 12.6 Å². The largest absolute Gasteiger partial charge is 0.493 e. The maximum absolute atomic E-state index is 5.70. The van der Waals surface area contributed by atoms with E-state index in [4.69, 9.17) is 4.74 Å². The quantitative estimate of drug-likeness (QED) is 0.866. The molecule has 0 unspecified atom stereocenters. The van der Waals surface area contributed by atoms with Crippen molar-refractivity contribution in [3.63, 3.8) is 0 Å². The van der Waals surface area contributed by atoms with Crippen molar-refractivity contribution in [3.8, 4) is 5.75 Å². The second-order valence-electron chi connectivity index (χ2n) is 5.59. The van der Waals surface area contributed by atoms with E-state index in [1.807, 2.05) is 0 Å². The Labute approximate surface area is 117 Å². The Bertz CT molecular complexity index is 356. The van der Waals surface area contributed by atoms with E-state index in [-0.39, 0.29) is 0 Å². The van der Waals surface area contributed by atoms with Gasteiger partial charge in [0.2, 0.25) is 0 Å². The van der Waals surface area contributed by atoms with Crippen molar-refractivity contribution in [2.24, 2.45) is 0 Å². The van der Waals surface area contributed by atoms with E-state index in [1.165, 1.54) is 50.5 Å². The van der Waals surface area contributed by atoms with E-state index in [0.29, 0.717) is 0 Å². The van der Waals surface area contributed by atoms with Crippen molar-refractivity contribution < 1.29 is 10.1 Å². The van der Waals surface area contributed by atoms with Crippen molar-refractivity contribution in [1.29, 1.82) is 0 Å². The van der Waals surface area contributed by atoms with Gasteiger partial charge in [0.25, 0.3) is 0 Å². The summed E-state index contributed by atoms with van der Waals surface area (Å²) in [4.78, 5) is 0. The van der Waals surface area contributed by atoms with Gasteiger partial charge in [-0.05, 0) is 44.7 Å². The highest BCUT2D eigenvalue weighted by Crippen LogP contribution is 2.18. The molecule has 2 rings (SSSR count). The topological polar surface area (TPSA) is 25.8 Å². The lowest BCUT2D eigenvalue weighted by Gasteiger charge is -2.19. The third-order valence-corrected chi connectivity index (χ3v) is 4.09. The number of benzene rings is 1. The summed E-state index contributed by atoms with van der Waals surface area (Å²) in [6.07, 6.45) is 9.90. The monoisotopic (exact) mass is 262 g/mol. The van der Waals surface area contributed by atoms with Crippen LogP contribution in [0.3, 0.4) is 0 Å². The van der Waals surface area contributed by atoms with E-state index >= 15 is 0 Å². The van der Waals surface area contributed by atoms with Gasteiger partial charge in [-0.2, -0.15) is 0 Å². The van der Waals surface area contributed by atoms with E-state index in [9.17, 15) is 0 Å². The molecule has 0 bridgehead atoms. The van der Waals surface area contributed by atoms with Crippen LogP contribution < -0.4 is 10.1 Å². The lowest BCUT2D eigenvalue weighted by Crippen LogP contribution is -2.88. The molecule has 0 radical (unpaired) electrons. The van der Waals surface area contributed by atoms with Crippen LogP contribution in [0.1, 0.15) is 57.4 Å². The van der Waals surface area contributed by atoms with Gasteiger partial charge in [0.1, 0.15) is 12.3 Å². The zero-order chi connectivity index (χ0) is 13.3. The van der Waals surface area contributed by atoms with Gasteiger partial charge in [-0.25, -0.2) is 0 Å². The molecule has 0 saturated heterocycles. The van der Waals surface area contributed by atoms with Crippen LogP contribution >= 0.6 is 0 Å². The highest BCUT2D eigenvalue weighted by Gasteiger charge is 2.14. The van der Waals surface area contributed by atoms with Gasteiger partial charge < -0.3 is 10.1 Å². The zero-order valence-electron chi connectivity index (χ0n) is 12.2. The lowest BCUT2D eigenvalue weighted by atomic mass is 9.96. The van der Waals surface area contributed by atoms with Crippen LogP contribution in [0.15, 0.2) is 24.3 Å². The Kier molecular flexibility index (Phi) is 6.22. The lowest BCUT2D eigenvalue weighted by molar-refractivity contribution is -0.706. The third kappa shape index (κ3) is 4.87. The first-order valence-electron chi connectivity index (χ1n) is 7.94. The van der Waals surface area contributed by atoms with E-state index in [2.05, 4.69) is 36.5 Å². The van der Waals surface area contributed by atoms with Crippen LogP contribution in [0.5, 0.6) is 5.75 Å². The third-order valence-electron chi connectivity index (χ3n) is 4.09. The fourth-order valence-electron chi connectivity index (χ4n) is 2.99. The van der Waals surface area contributed by atoms with Crippen LogP contribution in [-0.2, 0) is 6.54 Å². The van der Waals surface area contributed by atoms with Crippen LogP contribution in [-0.4, -0.2) is 12.6 Å². The first-order chi connectivity index (χ1) is 9.40. The maximum atomic E-state index is 5.70. The first-order valence-corrected chi connectivity index (χ1v) is 7.94. The Morgan fingerprint density at radius 1 is 1.05 bits per heavy atom. The second-order valence-corrected chi connectivity index (χ2v) is 5.59. The van der Waals surface area contributed by atoms with Gasteiger partial charge in [-0.1, -0.05) is 31.4 Å². The van der Waals surface area contributed by atoms with E-state index in [1.54, 1.807) is 0 Å². The molecule has 1 aromatic rings. The minimum atomic E-state index is 0.750. The highest BCUT2D eigenvalue weighted by molar-refractivity contribution is 5.32. The fraction of sp³-hybridized carbons (Fsp3) is 0.647. The molecule has 106 valence electrons. The second kappa shape index (κ2) is 8.21. The summed E-state index contributed by atoms with van der Waals surface area (Å²) in [5.74, 6) is 1.06. The van der Waals surface area contributed by atoms with Crippen molar-refractivity contribution in [1.82, 2.24) is 0 Å². The summed E-state index contributed by atoms with van der Waals surface area (Å²) < 4.78 is 5.70. The molecule has 0 heterocycles. The Morgan fingerprint density at radius 2 is 1.74 bits per heavy atom. The molecule has 2 nitrogen and oxygen atoms in total. The number of hydrogen-bond acceptors (Lipinski definition) is 1. The van der Waals surface area contributed by atoms with Crippen molar-refractivity contribution >= 4 is 0 Å². The van der Waals surface area contributed by atoms with Crippen molar-refractivity contribution in [2.45, 2.75) is 64.5 Å². The SMILES string of the molecule is CCOc1ccccc1C[NH2+]C1CCCCCCC1. The molecule has 0 aromatic heterocycles. The van der Waals surface area contributed by atoms with Crippen LogP contribution in [0.25, 0.3) is 0 Å². The molecule has 0 spiro atoms. The first kappa shape index (κ1) is 14.4. The molecule has 0 amide bonds. The Hall–Kier alpha value is -1.02. The molecule has 2 heteroatoms. The summed E-state index contributed by atoms with van der Waals surface area (Å²) in [6, 6.07) is 9.28. The molecule has 0 atom stereocenters. The van der Waals surface area contributed by atoms with Crippen LogP contribution in [0.2, 0.25) is 0 Å². The summed E-state index contributed by atoms with van der Waals surface area (Å²) in [5.41, 5.74) is 1.34. The maximum Gasteiger partial charge on any atom is 0.128 e. The number of para-hydroxylation sites is 1. The number of hydrogen-bond donors (Lipinski definition) is 1. The smallest absolute Gasteiger partial charge is 0.128 e. The van der Waals surface area contributed by atoms with Gasteiger partial charge in [-0.15, -0.1) is 0 Å². The average Bonchev–Trinajstić information content (AvgIpc) is 2.39. The normalized spacial score (nSPS) is 17.7. The number of rotatable bonds is 5. The minimum Gasteiger partial charge on any atom is -0.493 e. The Balaban J connectivity index is 1.86. The predicted octanol–water partition coefficient (Wildman–Crippen LogP) is 3.26. The number of ether oxygens (including phenoxy) is 1. The van der Waals surface area contributed by atoms with Crippen LogP contribution in [0, 0.1) is 0 Å². The minimum absolute atomic E-state index is 0.750. The number of nitrogens with two attached hydrogens (primary N) is 1. The molecule has 1 saturated carbocycles. The fourth-order valence-corrected chi connectivity index (χ4v) is 2.99. The molecule has 1 fully saturated rings. The molecule has 19 heavy (non-hydrogen) atoms. The molecular formula is C17H28NO+. The van der Waals surface area contributed by atoms with Crippen LogP contribution in [0.4, 0.5) is 0 Å². The van der Waals surface area contributed by atoms with Crippen molar-refractivity contribution in [3.05, 3.63) is 29.8 Å². The summed E-state index contributed by atoms with van der Waals surface area (Å²) in [7, 11) is 0.